The molecule has 0 aromatic heterocycles. The van der Waals surface area contributed by atoms with Crippen LogP contribution in [0.25, 0.3) is 4.85 Å². The van der Waals surface area contributed by atoms with Crippen LogP contribution >= 0.6 is 0 Å². The second kappa shape index (κ2) is 10.9. The van der Waals surface area contributed by atoms with E-state index in [9.17, 15) is 9.90 Å². The Balaban J connectivity index is 4.81. The van der Waals surface area contributed by atoms with E-state index in [0.29, 0.717) is 0 Å². The van der Waals surface area contributed by atoms with Gasteiger partial charge in [0.2, 0.25) is 0 Å². The Morgan fingerprint density at radius 2 is 1.95 bits per heavy atom. The van der Waals surface area contributed by atoms with Crippen LogP contribution in [0.1, 0.15) is 13.8 Å². The van der Waals surface area contributed by atoms with Crippen molar-refractivity contribution < 1.29 is 19.4 Å². The molecule has 6 nitrogen and oxygen atoms in total. The number of nitriles is 1. The Hall–Kier alpha value is -2.99. The van der Waals surface area contributed by atoms with Gasteiger partial charge in [0.15, 0.2) is 0 Å². The molecule has 0 saturated carbocycles. The summed E-state index contributed by atoms with van der Waals surface area (Å²) in [6, 6.07) is 1.73. The summed E-state index contributed by atoms with van der Waals surface area (Å²) in [4.78, 5) is 14.4. The van der Waals surface area contributed by atoms with Gasteiger partial charge < -0.3 is 14.6 Å². The lowest BCUT2D eigenvalue weighted by atomic mass is 10.2. The molecule has 0 rings (SSSR count). The number of allylic oxidation sites excluding steroid dienone is 5. The highest BCUT2D eigenvalue weighted by Gasteiger charge is 2.07. The minimum Gasteiger partial charge on any atom is -0.489 e. The van der Waals surface area contributed by atoms with E-state index in [1.165, 1.54) is 30.4 Å². The average molecular weight is 288 g/mol. The lowest BCUT2D eigenvalue weighted by Gasteiger charge is -2.00. The van der Waals surface area contributed by atoms with Gasteiger partial charge in [0.1, 0.15) is 11.6 Å². The molecule has 0 aromatic rings. The molecule has 0 fully saturated rings. The number of rotatable bonds is 7. The molecule has 0 heterocycles. The zero-order chi connectivity index (χ0) is 16.1. The number of carbonyl (C=O) groups excluding carboxylic acids is 1. The Kier molecular flexibility index (Phi) is 9.34. The third kappa shape index (κ3) is 7.24. The molecule has 21 heavy (non-hydrogen) atoms. The number of hydrogen-bond acceptors (Lipinski definition) is 5. The Morgan fingerprint density at radius 3 is 2.48 bits per heavy atom. The van der Waals surface area contributed by atoms with Crippen LogP contribution in [0, 0.1) is 17.9 Å². The number of ether oxygens (including phenoxy) is 2. The summed E-state index contributed by atoms with van der Waals surface area (Å²) < 4.78 is 9.48. The number of carbonyl (C=O) groups is 1. The molecule has 0 atom stereocenters. The van der Waals surface area contributed by atoms with E-state index in [4.69, 9.17) is 16.6 Å². The molecule has 6 heteroatoms. The Bertz CT molecular complexity index is 557. The van der Waals surface area contributed by atoms with Crippen molar-refractivity contribution in [2.45, 2.75) is 13.8 Å². The van der Waals surface area contributed by atoms with Gasteiger partial charge in [-0.15, -0.1) is 0 Å². The minimum absolute atomic E-state index is 0.0450. The van der Waals surface area contributed by atoms with E-state index in [2.05, 4.69) is 9.58 Å². The smallest absolute Gasteiger partial charge is 0.348 e. The van der Waals surface area contributed by atoms with Gasteiger partial charge in [-0.05, 0) is 26.0 Å². The third-order valence-corrected chi connectivity index (χ3v) is 1.98. The minimum atomic E-state index is -0.690. The maximum atomic E-state index is 11.3. The lowest BCUT2D eigenvalue weighted by molar-refractivity contribution is -0.138. The zero-order valence-electron chi connectivity index (χ0n) is 11.9. The number of esters is 1. The highest BCUT2D eigenvalue weighted by Crippen LogP contribution is 2.07. The van der Waals surface area contributed by atoms with Crippen molar-refractivity contribution >= 4 is 5.97 Å². The summed E-state index contributed by atoms with van der Waals surface area (Å²) in [5.41, 5.74) is -0.170. The summed E-state index contributed by atoms with van der Waals surface area (Å²) in [6.45, 7) is 10.7. The van der Waals surface area contributed by atoms with Crippen LogP contribution in [-0.4, -0.2) is 24.3 Å². The van der Waals surface area contributed by atoms with Gasteiger partial charge in [-0.3, -0.25) is 0 Å². The first-order chi connectivity index (χ1) is 10.1. The Morgan fingerprint density at radius 1 is 1.29 bits per heavy atom. The van der Waals surface area contributed by atoms with Crippen LogP contribution in [0.15, 0.2) is 47.6 Å². The monoisotopic (exact) mass is 288 g/mol. The van der Waals surface area contributed by atoms with Gasteiger partial charge in [0, 0.05) is 0 Å². The van der Waals surface area contributed by atoms with Crippen LogP contribution in [0.2, 0.25) is 0 Å². The average Bonchev–Trinajstić information content (AvgIpc) is 2.47. The van der Waals surface area contributed by atoms with Crippen LogP contribution in [0.4, 0.5) is 0 Å². The van der Waals surface area contributed by atoms with E-state index in [1.54, 1.807) is 19.9 Å². The molecule has 1 N–H and O–H groups in total. The summed E-state index contributed by atoms with van der Waals surface area (Å²) in [5, 5.41) is 18.1. The van der Waals surface area contributed by atoms with Crippen molar-refractivity contribution in [2.75, 3.05) is 13.2 Å². The molecular formula is C15H16N2O4. The van der Waals surface area contributed by atoms with Gasteiger partial charge in [0.05, 0.1) is 19.8 Å². The van der Waals surface area contributed by atoms with Crippen LogP contribution in [0.3, 0.4) is 0 Å². The number of aliphatic hydroxyl groups excluding tert-OH is 1. The van der Waals surface area contributed by atoms with Crippen molar-refractivity contribution in [3.8, 4) is 6.07 Å². The largest absolute Gasteiger partial charge is 0.489 e. The van der Waals surface area contributed by atoms with E-state index in [1.807, 2.05) is 0 Å². The van der Waals surface area contributed by atoms with Crippen molar-refractivity contribution in [1.29, 1.82) is 5.26 Å². The first-order valence-corrected chi connectivity index (χ1v) is 6.16. The molecule has 0 aliphatic rings. The maximum Gasteiger partial charge on any atom is 0.348 e. The predicted octanol–water partition coefficient (Wildman–Crippen LogP) is 2.79. The Labute approximate surface area is 123 Å². The highest BCUT2D eigenvalue weighted by molar-refractivity contribution is 5.93. The van der Waals surface area contributed by atoms with Crippen molar-refractivity contribution in [1.82, 2.24) is 0 Å². The van der Waals surface area contributed by atoms with Crippen LogP contribution in [-0.2, 0) is 14.3 Å². The molecule has 0 saturated heterocycles. The van der Waals surface area contributed by atoms with E-state index < -0.39 is 11.9 Å². The number of nitrogens with zero attached hydrogens (tertiary/aromatic N) is 2. The summed E-state index contributed by atoms with van der Waals surface area (Å²) in [5.74, 6) is -1.14. The fraction of sp³-hybridized carbons (Fsp3) is 0.267. The quantitative estimate of drug-likeness (QED) is 0.194. The van der Waals surface area contributed by atoms with Gasteiger partial charge in [0.25, 0.3) is 11.6 Å². The second-order valence-electron chi connectivity index (χ2n) is 3.39. The molecule has 0 radical (unpaired) electrons. The second-order valence-corrected chi connectivity index (χ2v) is 3.39. The molecule has 0 amide bonds. The first kappa shape index (κ1) is 18.0. The molecule has 0 aliphatic heterocycles. The van der Waals surface area contributed by atoms with Crippen molar-refractivity contribution in [2.24, 2.45) is 0 Å². The summed E-state index contributed by atoms with van der Waals surface area (Å²) >= 11 is 0. The van der Waals surface area contributed by atoms with E-state index in [-0.39, 0.29) is 24.5 Å². The molecule has 110 valence electrons. The summed E-state index contributed by atoms with van der Waals surface area (Å²) in [6.07, 6.45) is 7.07. The van der Waals surface area contributed by atoms with Gasteiger partial charge in [-0.1, -0.05) is 18.2 Å². The van der Waals surface area contributed by atoms with Gasteiger partial charge in [-0.25, -0.2) is 9.64 Å². The van der Waals surface area contributed by atoms with Gasteiger partial charge >= 0.3 is 5.97 Å². The molecule has 0 bridgehead atoms. The normalized spacial score (nSPS) is 12.7. The molecule has 0 spiro atoms. The zero-order valence-corrected chi connectivity index (χ0v) is 11.9. The highest BCUT2D eigenvalue weighted by atomic mass is 16.6. The standard InChI is InChI=1S/C15H16N2O4/c1-4-20-14(18)12(11-16)9-7-6-8-10-13(17-3)15(19)21-5-2/h6-10,19H,4-5H2,1-2H3. The fourth-order valence-corrected chi connectivity index (χ4v) is 1.09. The molecule has 0 aromatic carbocycles. The predicted molar refractivity (Wildman–Crippen MR) is 76.5 cm³/mol. The maximum absolute atomic E-state index is 11.3. The van der Waals surface area contributed by atoms with E-state index >= 15 is 0 Å². The van der Waals surface area contributed by atoms with E-state index in [0.717, 1.165) is 0 Å². The topological polar surface area (TPSA) is 83.9 Å². The lowest BCUT2D eigenvalue weighted by Crippen LogP contribution is -2.05. The summed E-state index contributed by atoms with van der Waals surface area (Å²) in [7, 11) is 0. The first-order valence-electron chi connectivity index (χ1n) is 6.16. The third-order valence-electron chi connectivity index (χ3n) is 1.98. The van der Waals surface area contributed by atoms with Crippen LogP contribution < -0.4 is 0 Å². The molecular weight excluding hydrogens is 272 g/mol. The molecule has 0 unspecified atom stereocenters. The molecule has 0 aliphatic carbocycles. The van der Waals surface area contributed by atoms with Crippen molar-refractivity contribution in [3.63, 3.8) is 0 Å². The van der Waals surface area contributed by atoms with Gasteiger partial charge in [-0.2, -0.15) is 5.26 Å². The number of aliphatic hydroxyl groups is 1. The fourth-order valence-electron chi connectivity index (χ4n) is 1.09. The van der Waals surface area contributed by atoms with Crippen LogP contribution in [0.5, 0.6) is 0 Å². The SMILES string of the molecule is [C-]#[N+]C(C=CC=CC=C(C#N)C(=O)OCC)=C(O)OCC. The number of hydrogen-bond donors (Lipinski definition) is 1. The van der Waals surface area contributed by atoms with Crippen molar-refractivity contribution in [3.05, 3.63) is 59.0 Å².